The lowest BCUT2D eigenvalue weighted by molar-refractivity contribution is -0.135. The minimum absolute atomic E-state index is 0.0859. The van der Waals surface area contributed by atoms with Gasteiger partial charge >= 0.3 is 0 Å². The Morgan fingerprint density at radius 2 is 1.83 bits per heavy atom. The Morgan fingerprint density at radius 3 is 2.39 bits per heavy atom. The molecule has 2 N–H and O–H groups in total. The van der Waals surface area contributed by atoms with E-state index in [1.807, 2.05) is 18.7 Å². The summed E-state index contributed by atoms with van der Waals surface area (Å²) < 4.78 is 0. The van der Waals surface area contributed by atoms with E-state index in [9.17, 15) is 9.59 Å². The highest BCUT2D eigenvalue weighted by Gasteiger charge is 2.26. The van der Waals surface area contributed by atoms with Gasteiger partial charge in [-0.05, 0) is 26.3 Å². The molecule has 0 atom stereocenters. The number of nitrogens with zero attached hydrogens (tertiary/aromatic N) is 1. The van der Waals surface area contributed by atoms with Crippen molar-refractivity contribution in [1.82, 2.24) is 15.5 Å². The molecule has 0 radical (unpaired) electrons. The average Bonchev–Trinajstić information content (AvgIpc) is 2.39. The summed E-state index contributed by atoms with van der Waals surface area (Å²) in [6.45, 7) is 7.71. The maximum Gasteiger partial charge on any atom is 0.223 e. The van der Waals surface area contributed by atoms with Crippen molar-refractivity contribution in [2.75, 3.05) is 32.7 Å². The second kappa shape index (κ2) is 8.08. The molecule has 0 aromatic rings. The van der Waals surface area contributed by atoms with Crippen LogP contribution < -0.4 is 10.6 Å². The standard InChI is InChI=1S/C13H25N3O2/c1-3-14-8-5-12(17)16-9-6-11(7-10-16)13(18)15-4-2/h11,14H,3-10H2,1-2H3,(H,15,18). The fourth-order valence-electron chi connectivity index (χ4n) is 2.24. The van der Waals surface area contributed by atoms with Crippen molar-refractivity contribution < 1.29 is 9.59 Å². The molecule has 0 bridgehead atoms. The van der Waals surface area contributed by atoms with Crippen LogP contribution in [0, 0.1) is 5.92 Å². The summed E-state index contributed by atoms with van der Waals surface area (Å²) in [7, 11) is 0. The van der Waals surface area contributed by atoms with Gasteiger partial charge in [0.15, 0.2) is 0 Å². The van der Waals surface area contributed by atoms with E-state index >= 15 is 0 Å². The predicted molar refractivity (Wildman–Crippen MR) is 71.1 cm³/mol. The molecule has 5 nitrogen and oxygen atoms in total. The number of amides is 2. The maximum atomic E-state index is 11.9. The molecule has 1 aliphatic heterocycles. The van der Waals surface area contributed by atoms with Crippen LogP contribution in [0.4, 0.5) is 0 Å². The molecule has 0 unspecified atom stereocenters. The van der Waals surface area contributed by atoms with Crippen LogP contribution >= 0.6 is 0 Å². The fourth-order valence-corrected chi connectivity index (χ4v) is 2.24. The molecule has 1 saturated heterocycles. The lowest BCUT2D eigenvalue weighted by atomic mass is 9.95. The quantitative estimate of drug-likeness (QED) is 0.674. The predicted octanol–water partition coefficient (Wildman–Crippen LogP) is 0.361. The molecular formula is C13H25N3O2. The van der Waals surface area contributed by atoms with Gasteiger partial charge in [-0.1, -0.05) is 6.92 Å². The van der Waals surface area contributed by atoms with Crippen molar-refractivity contribution in [3.63, 3.8) is 0 Å². The zero-order valence-corrected chi connectivity index (χ0v) is 11.5. The van der Waals surface area contributed by atoms with Crippen molar-refractivity contribution in [2.45, 2.75) is 33.1 Å². The van der Waals surface area contributed by atoms with Crippen LogP contribution in [0.25, 0.3) is 0 Å². The Kier molecular flexibility index (Phi) is 6.72. The number of likely N-dealkylation sites (tertiary alicyclic amines) is 1. The topological polar surface area (TPSA) is 61.4 Å². The Hall–Kier alpha value is -1.10. The number of hydrogen-bond acceptors (Lipinski definition) is 3. The molecule has 0 aliphatic carbocycles. The Labute approximate surface area is 109 Å². The SMILES string of the molecule is CCNCCC(=O)N1CCC(C(=O)NCC)CC1. The summed E-state index contributed by atoms with van der Waals surface area (Å²) in [6, 6.07) is 0. The molecule has 1 aliphatic rings. The van der Waals surface area contributed by atoms with Crippen LogP contribution in [0.3, 0.4) is 0 Å². The van der Waals surface area contributed by atoms with Gasteiger partial charge in [-0.25, -0.2) is 0 Å². The maximum absolute atomic E-state index is 11.9. The first-order valence-electron chi connectivity index (χ1n) is 6.95. The third kappa shape index (κ3) is 4.64. The van der Waals surface area contributed by atoms with Crippen molar-refractivity contribution in [3.8, 4) is 0 Å². The number of carbonyl (C=O) groups is 2. The summed E-state index contributed by atoms with van der Waals surface area (Å²) >= 11 is 0. The van der Waals surface area contributed by atoms with Crippen molar-refractivity contribution in [1.29, 1.82) is 0 Å². The first kappa shape index (κ1) is 15.0. The molecular weight excluding hydrogens is 230 g/mol. The lowest BCUT2D eigenvalue weighted by Crippen LogP contribution is -2.43. The van der Waals surface area contributed by atoms with E-state index in [4.69, 9.17) is 0 Å². The highest BCUT2D eigenvalue weighted by Crippen LogP contribution is 2.17. The van der Waals surface area contributed by atoms with Gasteiger partial charge in [0.25, 0.3) is 0 Å². The van der Waals surface area contributed by atoms with E-state index < -0.39 is 0 Å². The van der Waals surface area contributed by atoms with Crippen LogP contribution in [0.15, 0.2) is 0 Å². The zero-order chi connectivity index (χ0) is 13.4. The molecule has 1 fully saturated rings. The summed E-state index contributed by atoms with van der Waals surface area (Å²) in [5, 5.41) is 6.00. The van der Waals surface area contributed by atoms with Crippen LogP contribution in [0.2, 0.25) is 0 Å². The molecule has 0 spiro atoms. The van der Waals surface area contributed by atoms with Crippen molar-refractivity contribution >= 4 is 11.8 Å². The first-order chi connectivity index (χ1) is 8.69. The number of piperidine rings is 1. The minimum atomic E-state index is 0.0859. The number of rotatable bonds is 6. The van der Waals surface area contributed by atoms with Gasteiger partial charge in [0.05, 0.1) is 0 Å². The molecule has 0 aromatic heterocycles. The van der Waals surface area contributed by atoms with E-state index in [-0.39, 0.29) is 17.7 Å². The molecule has 5 heteroatoms. The van der Waals surface area contributed by atoms with E-state index in [0.29, 0.717) is 26.1 Å². The molecule has 104 valence electrons. The van der Waals surface area contributed by atoms with Gasteiger partial charge in [-0.15, -0.1) is 0 Å². The van der Waals surface area contributed by atoms with Crippen molar-refractivity contribution in [3.05, 3.63) is 0 Å². The summed E-state index contributed by atoms with van der Waals surface area (Å²) in [5.41, 5.74) is 0. The van der Waals surface area contributed by atoms with Crippen molar-refractivity contribution in [2.24, 2.45) is 5.92 Å². The molecule has 0 saturated carbocycles. The summed E-state index contributed by atoms with van der Waals surface area (Å²) in [6.07, 6.45) is 2.14. The van der Waals surface area contributed by atoms with Gasteiger partial charge in [0.1, 0.15) is 0 Å². The van der Waals surface area contributed by atoms with Crippen LogP contribution in [-0.2, 0) is 9.59 Å². The average molecular weight is 255 g/mol. The zero-order valence-electron chi connectivity index (χ0n) is 11.5. The Morgan fingerprint density at radius 1 is 1.17 bits per heavy atom. The van der Waals surface area contributed by atoms with Crippen LogP contribution in [0.5, 0.6) is 0 Å². The number of nitrogens with one attached hydrogen (secondary N) is 2. The number of hydrogen-bond donors (Lipinski definition) is 2. The molecule has 1 rings (SSSR count). The van der Waals surface area contributed by atoms with Gasteiger partial charge in [-0.2, -0.15) is 0 Å². The van der Waals surface area contributed by atoms with Crippen LogP contribution in [-0.4, -0.2) is 49.4 Å². The third-order valence-electron chi connectivity index (χ3n) is 3.34. The smallest absolute Gasteiger partial charge is 0.223 e. The molecule has 1 heterocycles. The molecule has 2 amide bonds. The number of carbonyl (C=O) groups excluding carboxylic acids is 2. The Balaban J connectivity index is 2.26. The minimum Gasteiger partial charge on any atom is -0.356 e. The van der Waals surface area contributed by atoms with Gasteiger partial charge in [0.2, 0.25) is 11.8 Å². The lowest BCUT2D eigenvalue weighted by Gasteiger charge is -2.31. The van der Waals surface area contributed by atoms with E-state index in [2.05, 4.69) is 10.6 Å². The second-order valence-corrected chi connectivity index (χ2v) is 4.65. The van der Waals surface area contributed by atoms with Crippen LogP contribution in [0.1, 0.15) is 33.1 Å². The van der Waals surface area contributed by atoms with Gasteiger partial charge in [0, 0.05) is 38.5 Å². The second-order valence-electron chi connectivity index (χ2n) is 4.65. The van der Waals surface area contributed by atoms with E-state index in [1.165, 1.54) is 0 Å². The Bertz CT molecular complexity index is 273. The fraction of sp³-hybridized carbons (Fsp3) is 0.846. The van der Waals surface area contributed by atoms with E-state index in [0.717, 1.165) is 25.9 Å². The highest BCUT2D eigenvalue weighted by molar-refractivity contribution is 5.80. The van der Waals surface area contributed by atoms with Gasteiger partial charge in [-0.3, -0.25) is 9.59 Å². The molecule has 0 aromatic carbocycles. The van der Waals surface area contributed by atoms with Gasteiger partial charge < -0.3 is 15.5 Å². The summed E-state index contributed by atoms with van der Waals surface area (Å²) in [5.74, 6) is 0.422. The highest BCUT2D eigenvalue weighted by atomic mass is 16.2. The normalized spacial score (nSPS) is 16.7. The first-order valence-corrected chi connectivity index (χ1v) is 6.95. The molecule has 18 heavy (non-hydrogen) atoms. The largest absolute Gasteiger partial charge is 0.356 e. The van der Waals surface area contributed by atoms with E-state index in [1.54, 1.807) is 0 Å². The monoisotopic (exact) mass is 255 g/mol. The third-order valence-corrected chi connectivity index (χ3v) is 3.34. The summed E-state index contributed by atoms with van der Waals surface area (Å²) in [4.78, 5) is 25.4.